The molecule has 0 spiro atoms. The molecule has 106 valence electrons. The zero-order valence-corrected chi connectivity index (χ0v) is 12.0. The minimum Gasteiger partial charge on any atom is -0.383 e. The second kappa shape index (κ2) is 6.36. The molecule has 1 aromatic heterocycles. The lowest BCUT2D eigenvalue weighted by atomic mass is 9.94. The fraction of sp³-hybridized carbons (Fsp3) is 0.667. The monoisotopic (exact) mass is 286 g/mol. The first kappa shape index (κ1) is 14.3. The van der Waals surface area contributed by atoms with Crippen LogP contribution in [-0.4, -0.2) is 49.5 Å². The molecule has 0 aromatic carbocycles. The summed E-state index contributed by atoms with van der Waals surface area (Å²) >= 11 is 6.01. The Bertz CT molecular complexity index is 424. The lowest BCUT2D eigenvalue weighted by molar-refractivity contribution is -0.0807. The number of anilines is 2. The molecule has 0 aliphatic carbocycles. The second-order valence-corrected chi connectivity index (χ2v) is 4.85. The lowest BCUT2D eigenvalue weighted by Crippen LogP contribution is -2.44. The Hall–Kier alpha value is -1.11. The molecule has 7 heteroatoms. The number of ether oxygens (including phenoxy) is 2. The standard InChI is InChI=1S/C12H19ClN4O2/c1-14-9-10(13)16-8-17-11(9)15-7-12(18-2)3-5-19-6-4-12/h8,14H,3-7H2,1-2H3,(H,15,16,17). The number of rotatable bonds is 5. The summed E-state index contributed by atoms with van der Waals surface area (Å²) in [7, 11) is 3.52. The maximum Gasteiger partial charge on any atom is 0.157 e. The highest BCUT2D eigenvalue weighted by atomic mass is 35.5. The van der Waals surface area contributed by atoms with Gasteiger partial charge in [-0.2, -0.15) is 0 Å². The molecule has 1 aliphatic heterocycles. The minimum atomic E-state index is -0.208. The van der Waals surface area contributed by atoms with Crippen molar-refractivity contribution in [3.8, 4) is 0 Å². The van der Waals surface area contributed by atoms with E-state index in [9.17, 15) is 0 Å². The zero-order chi connectivity index (χ0) is 13.7. The summed E-state index contributed by atoms with van der Waals surface area (Å²) in [5, 5.41) is 6.69. The van der Waals surface area contributed by atoms with Gasteiger partial charge in [-0.15, -0.1) is 0 Å². The van der Waals surface area contributed by atoms with Crippen molar-refractivity contribution in [1.82, 2.24) is 9.97 Å². The van der Waals surface area contributed by atoms with Crippen LogP contribution in [0.1, 0.15) is 12.8 Å². The predicted octanol–water partition coefficient (Wildman–Crippen LogP) is 1.78. The molecular weight excluding hydrogens is 268 g/mol. The average molecular weight is 287 g/mol. The first-order valence-electron chi connectivity index (χ1n) is 6.26. The Kier molecular flexibility index (Phi) is 4.79. The van der Waals surface area contributed by atoms with Gasteiger partial charge < -0.3 is 20.1 Å². The molecular formula is C12H19ClN4O2. The second-order valence-electron chi connectivity index (χ2n) is 4.49. The van der Waals surface area contributed by atoms with Crippen LogP contribution in [-0.2, 0) is 9.47 Å². The number of halogens is 1. The fourth-order valence-corrected chi connectivity index (χ4v) is 2.39. The Morgan fingerprint density at radius 3 is 2.79 bits per heavy atom. The Morgan fingerprint density at radius 2 is 2.16 bits per heavy atom. The van der Waals surface area contributed by atoms with Crippen molar-refractivity contribution in [2.24, 2.45) is 0 Å². The van der Waals surface area contributed by atoms with Crippen molar-refractivity contribution in [2.75, 3.05) is 44.5 Å². The molecule has 1 aliphatic rings. The van der Waals surface area contributed by atoms with Crippen molar-refractivity contribution >= 4 is 23.1 Å². The van der Waals surface area contributed by atoms with E-state index in [1.54, 1.807) is 14.2 Å². The SMILES string of the molecule is CNc1c(Cl)ncnc1NCC1(OC)CCOCC1. The highest BCUT2D eigenvalue weighted by molar-refractivity contribution is 6.32. The summed E-state index contributed by atoms with van der Waals surface area (Å²) in [4.78, 5) is 8.15. The first-order valence-corrected chi connectivity index (χ1v) is 6.63. The molecule has 1 aromatic rings. The molecule has 19 heavy (non-hydrogen) atoms. The average Bonchev–Trinajstić information content (AvgIpc) is 2.46. The van der Waals surface area contributed by atoms with Gasteiger partial charge in [0.15, 0.2) is 11.0 Å². The highest BCUT2D eigenvalue weighted by Crippen LogP contribution is 2.28. The fourth-order valence-electron chi connectivity index (χ4n) is 2.16. The third-order valence-electron chi connectivity index (χ3n) is 3.47. The molecule has 0 saturated carbocycles. The predicted molar refractivity (Wildman–Crippen MR) is 74.9 cm³/mol. The molecule has 0 bridgehead atoms. The van der Waals surface area contributed by atoms with Crippen LogP contribution in [0.2, 0.25) is 5.15 Å². The Morgan fingerprint density at radius 1 is 1.42 bits per heavy atom. The molecule has 0 unspecified atom stereocenters. The Labute approximate surface area is 117 Å². The van der Waals surface area contributed by atoms with Crippen LogP contribution in [0.5, 0.6) is 0 Å². The normalized spacial score (nSPS) is 18.1. The number of nitrogens with zero attached hydrogens (tertiary/aromatic N) is 2. The van der Waals surface area contributed by atoms with E-state index >= 15 is 0 Å². The topological polar surface area (TPSA) is 68.3 Å². The van der Waals surface area contributed by atoms with Crippen LogP contribution in [0.15, 0.2) is 6.33 Å². The van der Waals surface area contributed by atoms with Gasteiger partial charge in [0.25, 0.3) is 0 Å². The lowest BCUT2D eigenvalue weighted by Gasteiger charge is -2.36. The summed E-state index contributed by atoms with van der Waals surface area (Å²) < 4.78 is 11.0. The van der Waals surface area contributed by atoms with Gasteiger partial charge in [-0.3, -0.25) is 0 Å². The summed E-state index contributed by atoms with van der Waals surface area (Å²) in [5.74, 6) is 0.686. The van der Waals surface area contributed by atoms with Gasteiger partial charge >= 0.3 is 0 Å². The number of hydrogen-bond donors (Lipinski definition) is 2. The van der Waals surface area contributed by atoms with Gasteiger partial charge in [0.2, 0.25) is 0 Å². The smallest absolute Gasteiger partial charge is 0.157 e. The zero-order valence-electron chi connectivity index (χ0n) is 11.2. The summed E-state index contributed by atoms with van der Waals surface area (Å²) in [6.45, 7) is 2.10. The van der Waals surface area contributed by atoms with Crippen LogP contribution < -0.4 is 10.6 Å². The highest BCUT2D eigenvalue weighted by Gasteiger charge is 2.32. The third-order valence-corrected chi connectivity index (χ3v) is 3.75. The van der Waals surface area contributed by atoms with E-state index in [1.807, 2.05) is 0 Å². The van der Waals surface area contributed by atoms with Crippen molar-refractivity contribution in [3.63, 3.8) is 0 Å². The van der Waals surface area contributed by atoms with Crippen molar-refractivity contribution in [1.29, 1.82) is 0 Å². The van der Waals surface area contributed by atoms with Crippen molar-refractivity contribution in [3.05, 3.63) is 11.5 Å². The quantitative estimate of drug-likeness (QED) is 0.804. The van der Waals surface area contributed by atoms with Crippen LogP contribution >= 0.6 is 11.6 Å². The largest absolute Gasteiger partial charge is 0.383 e. The molecule has 0 atom stereocenters. The van der Waals surface area contributed by atoms with Gasteiger partial charge in [0.05, 0.1) is 5.60 Å². The number of nitrogens with one attached hydrogen (secondary N) is 2. The van der Waals surface area contributed by atoms with Gasteiger partial charge in [0, 0.05) is 46.8 Å². The first-order chi connectivity index (χ1) is 9.21. The molecule has 6 nitrogen and oxygen atoms in total. The van der Waals surface area contributed by atoms with Gasteiger partial charge in [-0.05, 0) is 0 Å². The molecule has 2 rings (SSSR count). The third kappa shape index (κ3) is 3.26. The van der Waals surface area contributed by atoms with E-state index in [1.165, 1.54) is 6.33 Å². The van der Waals surface area contributed by atoms with E-state index < -0.39 is 0 Å². The van der Waals surface area contributed by atoms with Gasteiger partial charge in [0.1, 0.15) is 12.0 Å². The minimum absolute atomic E-state index is 0.208. The summed E-state index contributed by atoms with van der Waals surface area (Å²) in [6, 6.07) is 0. The van der Waals surface area contributed by atoms with E-state index in [0.717, 1.165) is 26.1 Å². The number of hydrogen-bond acceptors (Lipinski definition) is 6. The van der Waals surface area contributed by atoms with Crippen molar-refractivity contribution < 1.29 is 9.47 Å². The van der Waals surface area contributed by atoms with Crippen molar-refractivity contribution in [2.45, 2.75) is 18.4 Å². The molecule has 0 radical (unpaired) electrons. The maximum absolute atomic E-state index is 6.01. The van der Waals surface area contributed by atoms with Crippen LogP contribution in [0.3, 0.4) is 0 Å². The molecule has 2 N–H and O–H groups in total. The van der Waals surface area contributed by atoms with Gasteiger partial charge in [-0.25, -0.2) is 9.97 Å². The van der Waals surface area contributed by atoms with Crippen LogP contribution in [0, 0.1) is 0 Å². The summed E-state index contributed by atoms with van der Waals surface area (Å²) in [6.07, 6.45) is 3.17. The summed E-state index contributed by atoms with van der Waals surface area (Å²) in [5.41, 5.74) is 0.489. The van der Waals surface area contributed by atoms with E-state index in [-0.39, 0.29) is 5.60 Å². The Balaban J connectivity index is 2.07. The molecule has 2 heterocycles. The number of aromatic nitrogens is 2. The van der Waals surface area contributed by atoms with E-state index in [4.69, 9.17) is 21.1 Å². The number of methoxy groups -OCH3 is 1. The maximum atomic E-state index is 6.01. The molecule has 1 saturated heterocycles. The molecule has 1 fully saturated rings. The van der Waals surface area contributed by atoms with E-state index in [2.05, 4.69) is 20.6 Å². The van der Waals surface area contributed by atoms with Crippen LogP contribution in [0.25, 0.3) is 0 Å². The van der Waals surface area contributed by atoms with E-state index in [0.29, 0.717) is 23.2 Å². The van der Waals surface area contributed by atoms with Crippen LogP contribution in [0.4, 0.5) is 11.5 Å². The molecule has 0 amide bonds. The van der Waals surface area contributed by atoms with Gasteiger partial charge in [-0.1, -0.05) is 11.6 Å².